The fourth-order valence-corrected chi connectivity index (χ4v) is 3.77. The number of para-hydroxylation sites is 1. The minimum absolute atomic E-state index is 0.0347. The molecule has 164 valence electrons. The number of hydrogen-bond donors (Lipinski definition) is 2. The summed E-state index contributed by atoms with van der Waals surface area (Å²) in [6.07, 6.45) is 0. The molecule has 0 radical (unpaired) electrons. The second-order valence-electron chi connectivity index (χ2n) is 7.03. The van der Waals surface area contributed by atoms with Gasteiger partial charge in [0, 0.05) is 11.3 Å². The summed E-state index contributed by atoms with van der Waals surface area (Å²) in [6.45, 7) is 2.47. The highest BCUT2D eigenvalue weighted by Gasteiger charge is 2.34. The van der Waals surface area contributed by atoms with Gasteiger partial charge in [-0.05, 0) is 36.8 Å². The van der Waals surface area contributed by atoms with Crippen molar-refractivity contribution in [3.8, 4) is 29.2 Å². The topological polar surface area (TPSA) is 115 Å². The maximum Gasteiger partial charge on any atom is 0.244 e. The summed E-state index contributed by atoms with van der Waals surface area (Å²) in [7, 11) is 1.56. The van der Waals surface area contributed by atoms with Crippen molar-refractivity contribution in [3.05, 3.63) is 75.8 Å². The van der Waals surface area contributed by atoms with Crippen LogP contribution in [0.15, 0.2) is 53.9 Å². The molecule has 32 heavy (non-hydrogen) atoms. The van der Waals surface area contributed by atoms with Gasteiger partial charge in [-0.25, -0.2) is 0 Å². The molecule has 0 saturated heterocycles. The van der Waals surface area contributed by atoms with Gasteiger partial charge in [-0.1, -0.05) is 29.8 Å². The van der Waals surface area contributed by atoms with E-state index < -0.39 is 5.92 Å². The summed E-state index contributed by atoms with van der Waals surface area (Å²) in [5.41, 5.74) is 8.65. The number of methoxy groups -OCH3 is 1. The van der Waals surface area contributed by atoms with Crippen molar-refractivity contribution in [3.63, 3.8) is 0 Å². The number of ether oxygens (including phenoxy) is 4. The van der Waals surface area contributed by atoms with Gasteiger partial charge < -0.3 is 24.7 Å². The van der Waals surface area contributed by atoms with Crippen LogP contribution in [-0.4, -0.2) is 30.5 Å². The van der Waals surface area contributed by atoms with E-state index in [0.717, 1.165) is 16.8 Å². The molecule has 1 aliphatic rings. The number of allylic oxidation sites excluding steroid dienone is 1. The summed E-state index contributed by atoms with van der Waals surface area (Å²) < 4.78 is 22.5. The van der Waals surface area contributed by atoms with Gasteiger partial charge >= 0.3 is 0 Å². The Morgan fingerprint density at radius 2 is 1.91 bits per heavy atom. The Hall–Kier alpha value is -3.83. The summed E-state index contributed by atoms with van der Waals surface area (Å²) >= 11 is 6.09. The Kier molecular flexibility index (Phi) is 6.10. The van der Waals surface area contributed by atoms with Crippen molar-refractivity contribution in [2.75, 3.05) is 20.3 Å². The lowest BCUT2D eigenvalue weighted by molar-refractivity contribution is 0.211. The average Bonchev–Trinajstić information content (AvgIpc) is 3.16. The third-order valence-electron chi connectivity index (χ3n) is 5.09. The number of halogens is 1. The van der Waals surface area contributed by atoms with Crippen LogP contribution < -0.4 is 24.7 Å². The Morgan fingerprint density at radius 3 is 2.62 bits per heavy atom. The summed E-state index contributed by atoms with van der Waals surface area (Å²) in [4.78, 5) is 0. The predicted molar refractivity (Wildman–Crippen MR) is 118 cm³/mol. The van der Waals surface area contributed by atoms with Crippen molar-refractivity contribution >= 4 is 11.6 Å². The highest BCUT2D eigenvalue weighted by molar-refractivity contribution is 6.32. The number of aromatic amines is 1. The molecule has 1 aliphatic heterocycles. The van der Waals surface area contributed by atoms with E-state index in [-0.39, 0.29) is 5.88 Å². The van der Waals surface area contributed by atoms with Crippen LogP contribution in [0.5, 0.6) is 23.1 Å². The fraction of sp³-hybridized carbons (Fsp3) is 0.217. The van der Waals surface area contributed by atoms with Crippen LogP contribution in [0.2, 0.25) is 5.02 Å². The molecule has 4 rings (SSSR count). The molecule has 2 aromatic carbocycles. The Morgan fingerprint density at radius 1 is 1.16 bits per heavy atom. The quantitative estimate of drug-likeness (QED) is 0.519. The summed E-state index contributed by atoms with van der Waals surface area (Å²) in [6, 6.07) is 14.9. The van der Waals surface area contributed by atoms with Crippen LogP contribution in [-0.2, 0) is 0 Å². The van der Waals surface area contributed by atoms with Gasteiger partial charge in [0.05, 0.1) is 18.1 Å². The molecule has 3 aromatic rings. The molecule has 3 N–H and O–H groups in total. The number of nitrogens with two attached hydrogens (primary N) is 1. The van der Waals surface area contributed by atoms with Crippen LogP contribution in [0.4, 0.5) is 0 Å². The van der Waals surface area contributed by atoms with E-state index in [1.54, 1.807) is 25.3 Å². The van der Waals surface area contributed by atoms with Crippen molar-refractivity contribution in [1.82, 2.24) is 10.2 Å². The lowest BCUT2D eigenvalue weighted by Crippen LogP contribution is -2.21. The van der Waals surface area contributed by atoms with Gasteiger partial charge in [0.2, 0.25) is 11.8 Å². The molecule has 1 unspecified atom stereocenters. The second kappa shape index (κ2) is 9.12. The van der Waals surface area contributed by atoms with Gasteiger partial charge in [-0.2, -0.15) is 5.26 Å². The molecule has 0 amide bonds. The molecule has 0 saturated carbocycles. The van der Waals surface area contributed by atoms with Gasteiger partial charge in [0.25, 0.3) is 0 Å². The monoisotopic (exact) mass is 452 g/mol. The van der Waals surface area contributed by atoms with E-state index in [1.165, 1.54) is 0 Å². The van der Waals surface area contributed by atoms with Crippen molar-refractivity contribution in [2.45, 2.75) is 12.8 Å². The molecule has 8 nitrogen and oxygen atoms in total. The Bertz CT molecular complexity index is 1210. The molecule has 1 aromatic heterocycles. The summed E-state index contributed by atoms with van der Waals surface area (Å²) in [5.74, 6) is 1.62. The molecule has 1 atom stereocenters. The van der Waals surface area contributed by atoms with E-state index in [9.17, 15) is 5.26 Å². The summed E-state index contributed by atoms with van der Waals surface area (Å²) in [5, 5.41) is 17.3. The highest BCUT2D eigenvalue weighted by atomic mass is 35.5. The molecule has 0 fully saturated rings. The standard InChI is InChI=1S/C23H21ClN4O4/c1-13-20-21(15(12-25)22(26)32-23(20)28-27-13)14-7-8-18(19(11-14)29-2)31-10-9-30-17-6-4-3-5-16(17)24/h3-8,11,21H,9-10,26H2,1-2H3,(H,27,28). The smallest absolute Gasteiger partial charge is 0.244 e. The first-order chi connectivity index (χ1) is 15.5. The number of H-pyrrole nitrogens is 1. The maximum absolute atomic E-state index is 9.71. The number of fused-ring (bicyclic) bond motifs is 1. The fourth-order valence-electron chi connectivity index (χ4n) is 3.58. The van der Waals surface area contributed by atoms with Crippen LogP contribution in [0, 0.1) is 18.3 Å². The number of nitrogens with one attached hydrogen (secondary N) is 1. The van der Waals surface area contributed by atoms with Crippen LogP contribution in [0.3, 0.4) is 0 Å². The average molecular weight is 453 g/mol. The first kappa shape index (κ1) is 21.4. The zero-order valence-electron chi connectivity index (χ0n) is 17.5. The number of nitrogens with zero attached hydrogens (tertiary/aromatic N) is 2. The Labute approximate surface area is 190 Å². The molecule has 0 aliphatic carbocycles. The van der Waals surface area contributed by atoms with Crippen molar-refractivity contribution in [1.29, 1.82) is 5.26 Å². The molecule has 0 bridgehead atoms. The maximum atomic E-state index is 9.71. The number of rotatable bonds is 7. The third kappa shape index (κ3) is 4.03. The minimum atomic E-state index is -0.436. The first-order valence-corrected chi connectivity index (χ1v) is 10.2. The number of benzene rings is 2. The highest BCUT2D eigenvalue weighted by Crippen LogP contribution is 2.44. The lowest BCUT2D eigenvalue weighted by atomic mass is 9.84. The second-order valence-corrected chi connectivity index (χ2v) is 7.44. The molecule has 0 spiro atoms. The third-order valence-corrected chi connectivity index (χ3v) is 5.40. The number of aromatic nitrogens is 2. The number of aryl methyl sites for hydroxylation is 1. The van der Waals surface area contributed by atoms with E-state index >= 15 is 0 Å². The SMILES string of the molecule is COc1cc(C2C(C#N)=C(N)Oc3n[nH]c(C)c32)ccc1OCCOc1ccccc1Cl. The van der Waals surface area contributed by atoms with E-state index in [4.69, 9.17) is 36.3 Å². The largest absolute Gasteiger partial charge is 0.493 e. The number of nitriles is 1. The van der Waals surface area contributed by atoms with Gasteiger partial charge in [0.1, 0.15) is 30.6 Å². The van der Waals surface area contributed by atoms with Crippen molar-refractivity contribution in [2.24, 2.45) is 5.73 Å². The molecular weight excluding hydrogens is 432 g/mol. The van der Waals surface area contributed by atoms with Crippen LogP contribution >= 0.6 is 11.6 Å². The van der Waals surface area contributed by atoms with Crippen LogP contribution in [0.1, 0.15) is 22.7 Å². The zero-order valence-corrected chi connectivity index (χ0v) is 18.3. The lowest BCUT2D eigenvalue weighted by Gasteiger charge is -2.24. The zero-order chi connectivity index (χ0) is 22.7. The first-order valence-electron chi connectivity index (χ1n) is 9.84. The van der Waals surface area contributed by atoms with Crippen LogP contribution in [0.25, 0.3) is 0 Å². The minimum Gasteiger partial charge on any atom is -0.493 e. The van der Waals surface area contributed by atoms with E-state index in [1.807, 2.05) is 31.2 Å². The van der Waals surface area contributed by atoms with Gasteiger partial charge in [-0.15, -0.1) is 5.10 Å². The molecular formula is C23H21ClN4O4. The van der Waals surface area contributed by atoms with Crippen molar-refractivity contribution < 1.29 is 18.9 Å². The normalized spacial score (nSPS) is 14.9. The molecule has 2 heterocycles. The van der Waals surface area contributed by atoms with E-state index in [0.29, 0.717) is 46.9 Å². The van der Waals surface area contributed by atoms with Gasteiger partial charge in [-0.3, -0.25) is 5.10 Å². The van der Waals surface area contributed by atoms with Gasteiger partial charge in [0.15, 0.2) is 11.5 Å². The van der Waals surface area contributed by atoms with E-state index in [2.05, 4.69) is 16.3 Å². The Balaban J connectivity index is 1.54. The molecule has 9 heteroatoms. The predicted octanol–water partition coefficient (Wildman–Crippen LogP) is 4.06. The number of hydrogen-bond acceptors (Lipinski definition) is 7.